The monoisotopic (exact) mass is 253 g/mol. The minimum Gasteiger partial charge on any atom is -0.328 e. The highest BCUT2D eigenvalue weighted by atomic mass is 32.2. The summed E-state index contributed by atoms with van der Waals surface area (Å²) in [6, 6.07) is 7.22. The number of nitrogens with two attached hydrogens (primary N) is 1. The first-order valence-electron chi connectivity index (χ1n) is 6.09. The lowest BCUT2D eigenvalue weighted by molar-refractivity contribution is 0.476. The van der Waals surface area contributed by atoms with Gasteiger partial charge in [0.15, 0.2) is 9.84 Å². The number of hydrogen-bond acceptors (Lipinski definition) is 3. The molecule has 0 saturated heterocycles. The zero-order chi connectivity index (χ0) is 12.5. The topological polar surface area (TPSA) is 60.2 Å². The maximum atomic E-state index is 12.4. The van der Waals surface area contributed by atoms with Gasteiger partial charge < -0.3 is 5.73 Å². The first-order chi connectivity index (χ1) is 8.01. The van der Waals surface area contributed by atoms with Gasteiger partial charge in [0.2, 0.25) is 0 Å². The maximum Gasteiger partial charge on any atom is 0.181 e. The van der Waals surface area contributed by atoms with E-state index in [2.05, 4.69) is 0 Å². The van der Waals surface area contributed by atoms with Crippen LogP contribution < -0.4 is 5.73 Å². The molecule has 0 bridgehead atoms. The normalized spacial score (nSPS) is 18.7. The van der Waals surface area contributed by atoms with Crippen molar-refractivity contribution in [1.82, 2.24) is 0 Å². The fourth-order valence-electron chi connectivity index (χ4n) is 2.16. The van der Waals surface area contributed by atoms with E-state index in [1.54, 1.807) is 12.1 Å². The lowest BCUT2D eigenvalue weighted by Crippen LogP contribution is -2.29. The predicted molar refractivity (Wildman–Crippen MR) is 68.6 cm³/mol. The van der Waals surface area contributed by atoms with Crippen LogP contribution in [0.25, 0.3) is 0 Å². The van der Waals surface area contributed by atoms with Crippen molar-refractivity contribution in [1.29, 1.82) is 0 Å². The van der Waals surface area contributed by atoms with Crippen LogP contribution >= 0.6 is 0 Å². The Morgan fingerprint density at radius 3 is 2.53 bits per heavy atom. The quantitative estimate of drug-likeness (QED) is 0.891. The molecule has 17 heavy (non-hydrogen) atoms. The Hall–Kier alpha value is -0.870. The summed E-state index contributed by atoms with van der Waals surface area (Å²) in [4.78, 5) is 0.488. The molecular weight excluding hydrogens is 234 g/mol. The van der Waals surface area contributed by atoms with Gasteiger partial charge in [0, 0.05) is 6.04 Å². The van der Waals surface area contributed by atoms with E-state index in [0.717, 1.165) is 24.8 Å². The highest BCUT2D eigenvalue weighted by molar-refractivity contribution is 7.92. The van der Waals surface area contributed by atoms with Gasteiger partial charge >= 0.3 is 0 Å². The molecule has 1 saturated carbocycles. The molecule has 1 atom stereocenters. The number of rotatable bonds is 4. The SMILES string of the molecule is CC(N)Cc1ccccc1S(=O)(=O)C1CCC1. The van der Waals surface area contributed by atoms with Crippen molar-refractivity contribution in [2.45, 2.75) is 48.8 Å². The fourth-order valence-corrected chi connectivity index (χ4v) is 4.26. The molecule has 1 aliphatic rings. The third-order valence-electron chi connectivity index (χ3n) is 3.31. The van der Waals surface area contributed by atoms with Crippen molar-refractivity contribution >= 4 is 9.84 Å². The van der Waals surface area contributed by atoms with Gasteiger partial charge in [-0.1, -0.05) is 24.6 Å². The van der Waals surface area contributed by atoms with Crippen LogP contribution in [-0.4, -0.2) is 19.7 Å². The Balaban J connectivity index is 2.37. The van der Waals surface area contributed by atoms with Gasteiger partial charge in [0.1, 0.15) is 0 Å². The van der Waals surface area contributed by atoms with E-state index in [0.29, 0.717) is 11.3 Å². The van der Waals surface area contributed by atoms with Gasteiger partial charge in [-0.25, -0.2) is 8.42 Å². The van der Waals surface area contributed by atoms with Gasteiger partial charge in [0.05, 0.1) is 10.1 Å². The third kappa shape index (κ3) is 2.53. The zero-order valence-corrected chi connectivity index (χ0v) is 10.9. The van der Waals surface area contributed by atoms with Gasteiger partial charge in [-0.15, -0.1) is 0 Å². The van der Waals surface area contributed by atoms with Crippen LogP contribution in [0.1, 0.15) is 31.7 Å². The lowest BCUT2D eigenvalue weighted by Gasteiger charge is -2.26. The summed E-state index contributed by atoms with van der Waals surface area (Å²) >= 11 is 0. The second-order valence-corrected chi connectivity index (χ2v) is 7.08. The number of hydrogen-bond donors (Lipinski definition) is 1. The molecule has 0 spiro atoms. The predicted octanol–water partition coefficient (Wildman–Crippen LogP) is 1.90. The molecule has 4 heteroatoms. The Bertz CT molecular complexity index is 490. The first-order valence-corrected chi connectivity index (χ1v) is 7.64. The van der Waals surface area contributed by atoms with Crippen LogP contribution in [0.3, 0.4) is 0 Å². The highest BCUT2D eigenvalue weighted by Gasteiger charge is 2.33. The van der Waals surface area contributed by atoms with Crippen molar-refractivity contribution in [2.75, 3.05) is 0 Å². The average molecular weight is 253 g/mol. The van der Waals surface area contributed by atoms with Crippen molar-refractivity contribution in [2.24, 2.45) is 5.73 Å². The molecule has 0 radical (unpaired) electrons. The van der Waals surface area contributed by atoms with Gasteiger partial charge in [0.25, 0.3) is 0 Å². The molecule has 2 rings (SSSR count). The summed E-state index contributed by atoms with van der Waals surface area (Å²) < 4.78 is 24.8. The van der Waals surface area contributed by atoms with E-state index < -0.39 is 9.84 Å². The van der Waals surface area contributed by atoms with Crippen molar-refractivity contribution in [3.05, 3.63) is 29.8 Å². The van der Waals surface area contributed by atoms with Crippen molar-refractivity contribution in [3.63, 3.8) is 0 Å². The number of sulfone groups is 1. The largest absolute Gasteiger partial charge is 0.328 e. The second kappa shape index (κ2) is 4.78. The van der Waals surface area contributed by atoms with Crippen LogP contribution in [0.2, 0.25) is 0 Å². The summed E-state index contributed by atoms with van der Waals surface area (Å²) in [5, 5.41) is -0.170. The Kier molecular flexibility index (Phi) is 3.54. The van der Waals surface area contributed by atoms with E-state index in [1.165, 1.54) is 0 Å². The second-order valence-electron chi connectivity index (χ2n) is 4.89. The summed E-state index contributed by atoms with van der Waals surface area (Å²) in [5.41, 5.74) is 6.62. The maximum absolute atomic E-state index is 12.4. The van der Waals surface area contributed by atoms with Crippen molar-refractivity contribution in [3.8, 4) is 0 Å². The molecule has 0 amide bonds. The molecule has 1 unspecified atom stereocenters. The van der Waals surface area contributed by atoms with E-state index in [-0.39, 0.29) is 11.3 Å². The number of benzene rings is 1. The molecule has 1 aromatic carbocycles. The fraction of sp³-hybridized carbons (Fsp3) is 0.538. The van der Waals surface area contributed by atoms with Crippen LogP contribution in [0.4, 0.5) is 0 Å². The zero-order valence-electron chi connectivity index (χ0n) is 10.1. The van der Waals surface area contributed by atoms with Crippen LogP contribution in [-0.2, 0) is 16.3 Å². The summed E-state index contributed by atoms with van der Waals surface area (Å²) in [6.07, 6.45) is 3.24. The Labute approximate surface area is 103 Å². The summed E-state index contributed by atoms with van der Waals surface area (Å²) in [7, 11) is -3.13. The molecule has 0 aromatic heterocycles. The Morgan fingerprint density at radius 2 is 2.00 bits per heavy atom. The van der Waals surface area contributed by atoms with E-state index >= 15 is 0 Å². The average Bonchev–Trinajstić information content (AvgIpc) is 2.13. The van der Waals surface area contributed by atoms with Crippen LogP contribution in [0, 0.1) is 0 Å². The molecule has 1 aliphatic carbocycles. The highest BCUT2D eigenvalue weighted by Crippen LogP contribution is 2.32. The third-order valence-corrected chi connectivity index (χ3v) is 5.67. The lowest BCUT2D eigenvalue weighted by atomic mass is 10.00. The summed E-state index contributed by atoms with van der Waals surface area (Å²) in [5.74, 6) is 0. The Morgan fingerprint density at radius 1 is 1.35 bits per heavy atom. The van der Waals surface area contributed by atoms with E-state index in [1.807, 2.05) is 19.1 Å². The minimum atomic E-state index is -3.13. The van der Waals surface area contributed by atoms with Crippen molar-refractivity contribution < 1.29 is 8.42 Å². The van der Waals surface area contributed by atoms with Gasteiger partial charge in [-0.2, -0.15) is 0 Å². The van der Waals surface area contributed by atoms with Crippen LogP contribution in [0.5, 0.6) is 0 Å². The molecule has 1 fully saturated rings. The van der Waals surface area contributed by atoms with E-state index in [9.17, 15) is 8.42 Å². The van der Waals surface area contributed by atoms with E-state index in [4.69, 9.17) is 5.73 Å². The molecule has 3 nitrogen and oxygen atoms in total. The smallest absolute Gasteiger partial charge is 0.181 e. The molecule has 1 aromatic rings. The summed E-state index contributed by atoms with van der Waals surface area (Å²) in [6.45, 7) is 1.90. The molecule has 0 heterocycles. The molecular formula is C13H19NO2S. The standard InChI is InChI=1S/C13H19NO2S/c1-10(14)9-11-5-2-3-8-13(11)17(15,16)12-6-4-7-12/h2-3,5,8,10,12H,4,6-7,9,14H2,1H3. The molecule has 94 valence electrons. The molecule has 2 N–H and O–H groups in total. The first kappa shape index (κ1) is 12.6. The van der Waals surface area contributed by atoms with Crippen LogP contribution in [0.15, 0.2) is 29.2 Å². The minimum absolute atomic E-state index is 0.0206. The van der Waals surface area contributed by atoms with Gasteiger partial charge in [-0.05, 0) is 37.8 Å². The molecule has 0 aliphatic heterocycles. The van der Waals surface area contributed by atoms with Gasteiger partial charge in [-0.3, -0.25) is 0 Å².